The number of hydrogen-bond acceptors (Lipinski definition) is 5. The van der Waals surface area contributed by atoms with Crippen molar-refractivity contribution in [1.82, 2.24) is 24.8 Å². The fourth-order valence-corrected chi connectivity index (χ4v) is 2.77. The highest BCUT2D eigenvalue weighted by molar-refractivity contribution is 5.94. The number of carbonyl (C=O) groups excluding carboxylic acids is 1. The van der Waals surface area contributed by atoms with Gasteiger partial charge in [-0.15, -0.1) is 0 Å². The number of halogens is 1. The van der Waals surface area contributed by atoms with E-state index in [2.05, 4.69) is 19.9 Å². The predicted octanol–water partition coefficient (Wildman–Crippen LogP) is 1.36. The van der Waals surface area contributed by atoms with Crippen molar-refractivity contribution >= 4 is 5.91 Å². The van der Waals surface area contributed by atoms with Gasteiger partial charge in [-0.1, -0.05) is 0 Å². The molecule has 7 heteroatoms. The van der Waals surface area contributed by atoms with Crippen molar-refractivity contribution in [2.45, 2.75) is 19.0 Å². The van der Waals surface area contributed by atoms with E-state index in [0.29, 0.717) is 19.6 Å². The maximum absolute atomic E-state index is 13.7. The Hall–Kier alpha value is -2.41. The summed E-state index contributed by atoms with van der Waals surface area (Å²) in [5.74, 6) is -0.108. The third kappa shape index (κ3) is 3.50. The number of nitrogens with zero attached hydrogens (tertiary/aromatic N) is 5. The summed E-state index contributed by atoms with van der Waals surface area (Å²) in [4.78, 5) is 28.3. The smallest absolute Gasteiger partial charge is 0.256 e. The van der Waals surface area contributed by atoms with Gasteiger partial charge in [0.25, 0.3) is 5.91 Å². The van der Waals surface area contributed by atoms with Gasteiger partial charge in [0.2, 0.25) is 0 Å². The standard InChI is InChI=1S/C16H18FN5O/c1-21(11-15-19-5-2-6-20-15)12-4-8-22(10-12)16(23)13-3-7-18-9-14(13)17/h2-3,5-7,9,12H,4,8,10-11H2,1H3. The molecule has 1 saturated heterocycles. The lowest BCUT2D eigenvalue weighted by Gasteiger charge is -2.24. The zero-order chi connectivity index (χ0) is 16.2. The summed E-state index contributed by atoms with van der Waals surface area (Å²) in [5, 5.41) is 0. The van der Waals surface area contributed by atoms with Crippen LogP contribution < -0.4 is 0 Å². The highest BCUT2D eigenvalue weighted by atomic mass is 19.1. The average molecular weight is 315 g/mol. The Morgan fingerprint density at radius 1 is 1.39 bits per heavy atom. The predicted molar refractivity (Wildman–Crippen MR) is 82.0 cm³/mol. The Bertz CT molecular complexity index is 681. The monoisotopic (exact) mass is 315 g/mol. The summed E-state index contributed by atoms with van der Waals surface area (Å²) >= 11 is 0. The van der Waals surface area contributed by atoms with E-state index in [0.717, 1.165) is 18.4 Å². The van der Waals surface area contributed by atoms with Gasteiger partial charge in [-0.25, -0.2) is 14.4 Å². The quantitative estimate of drug-likeness (QED) is 0.852. The number of likely N-dealkylation sites (N-methyl/N-ethyl adjacent to an activating group) is 1. The Labute approximate surface area is 134 Å². The second kappa shape index (κ2) is 6.78. The molecule has 1 amide bonds. The summed E-state index contributed by atoms with van der Waals surface area (Å²) in [7, 11) is 1.99. The molecular weight excluding hydrogens is 297 g/mol. The van der Waals surface area contributed by atoms with E-state index in [-0.39, 0.29) is 17.5 Å². The van der Waals surface area contributed by atoms with Crippen molar-refractivity contribution in [2.24, 2.45) is 0 Å². The molecule has 1 aliphatic heterocycles. The van der Waals surface area contributed by atoms with Gasteiger partial charge in [0, 0.05) is 37.7 Å². The SMILES string of the molecule is CN(Cc1ncccn1)C1CCN(C(=O)c2ccncc2F)C1. The normalized spacial score (nSPS) is 17.7. The zero-order valence-corrected chi connectivity index (χ0v) is 12.9. The molecule has 3 rings (SSSR count). The average Bonchev–Trinajstić information content (AvgIpc) is 3.06. The highest BCUT2D eigenvalue weighted by Gasteiger charge is 2.30. The summed E-state index contributed by atoms with van der Waals surface area (Å²) in [6, 6.07) is 3.42. The van der Waals surface area contributed by atoms with Gasteiger partial charge in [-0.2, -0.15) is 0 Å². The van der Waals surface area contributed by atoms with Crippen LogP contribution in [-0.4, -0.2) is 56.8 Å². The van der Waals surface area contributed by atoms with Crippen LogP contribution in [0.15, 0.2) is 36.9 Å². The van der Waals surface area contributed by atoms with Gasteiger partial charge in [-0.3, -0.25) is 14.7 Å². The molecule has 1 atom stereocenters. The number of amides is 1. The first-order valence-electron chi connectivity index (χ1n) is 7.50. The maximum atomic E-state index is 13.7. The Morgan fingerprint density at radius 2 is 2.17 bits per heavy atom. The summed E-state index contributed by atoms with van der Waals surface area (Å²) in [6.45, 7) is 1.81. The van der Waals surface area contributed by atoms with Crippen molar-refractivity contribution in [2.75, 3.05) is 20.1 Å². The number of rotatable bonds is 4. The number of carbonyl (C=O) groups is 1. The lowest BCUT2D eigenvalue weighted by atomic mass is 10.2. The van der Waals surface area contributed by atoms with Gasteiger partial charge in [0.05, 0.1) is 18.3 Å². The van der Waals surface area contributed by atoms with Crippen LogP contribution in [0, 0.1) is 5.82 Å². The molecule has 6 nitrogen and oxygen atoms in total. The Kier molecular flexibility index (Phi) is 4.57. The zero-order valence-electron chi connectivity index (χ0n) is 12.9. The van der Waals surface area contributed by atoms with Crippen LogP contribution in [0.4, 0.5) is 4.39 Å². The summed E-state index contributed by atoms with van der Waals surface area (Å²) < 4.78 is 13.7. The van der Waals surface area contributed by atoms with Crippen LogP contribution in [-0.2, 0) is 6.54 Å². The summed E-state index contributed by atoms with van der Waals surface area (Å²) in [6.07, 6.45) is 6.78. The minimum atomic E-state index is -0.577. The van der Waals surface area contributed by atoms with Crippen LogP contribution in [0.1, 0.15) is 22.6 Å². The molecule has 1 fully saturated rings. The van der Waals surface area contributed by atoms with Crippen molar-refractivity contribution in [3.63, 3.8) is 0 Å². The van der Waals surface area contributed by atoms with Crippen molar-refractivity contribution in [1.29, 1.82) is 0 Å². The minimum Gasteiger partial charge on any atom is -0.337 e. The molecule has 1 aliphatic rings. The molecule has 0 saturated carbocycles. The Balaban J connectivity index is 1.62. The molecule has 0 N–H and O–H groups in total. The molecule has 0 bridgehead atoms. The highest BCUT2D eigenvalue weighted by Crippen LogP contribution is 2.19. The van der Waals surface area contributed by atoms with Crippen LogP contribution >= 0.6 is 0 Å². The van der Waals surface area contributed by atoms with Crippen LogP contribution in [0.3, 0.4) is 0 Å². The molecule has 3 heterocycles. The van der Waals surface area contributed by atoms with E-state index in [1.54, 1.807) is 23.4 Å². The molecular formula is C16H18FN5O. The van der Waals surface area contributed by atoms with Gasteiger partial charge in [0.1, 0.15) is 5.82 Å². The second-order valence-electron chi connectivity index (χ2n) is 5.63. The lowest BCUT2D eigenvalue weighted by molar-refractivity contribution is 0.0774. The van der Waals surface area contributed by atoms with Gasteiger partial charge < -0.3 is 4.90 Å². The molecule has 0 aromatic carbocycles. The van der Waals surface area contributed by atoms with Crippen LogP contribution in [0.2, 0.25) is 0 Å². The molecule has 1 unspecified atom stereocenters. The largest absolute Gasteiger partial charge is 0.337 e. The van der Waals surface area contributed by atoms with Gasteiger partial charge >= 0.3 is 0 Å². The topological polar surface area (TPSA) is 62.2 Å². The van der Waals surface area contributed by atoms with Crippen molar-refractivity contribution in [3.8, 4) is 0 Å². The molecule has 120 valence electrons. The summed E-state index contributed by atoms with van der Waals surface area (Å²) in [5.41, 5.74) is 0.0784. The second-order valence-corrected chi connectivity index (χ2v) is 5.63. The van der Waals surface area contributed by atoms with E-state index in [4.69, 9.17) is 0 Å². The van der Waals surface area contributed by atoms with E-state index in [9.17, 15) is 9.18 Å². The van der Waals surface area contributed by atoms with E-state index in [1.165, 1.54) is 12.3 Å². The third-order valence-corrected chi connectivity index (χ3v) is 4.09. The first kappa shape index (κ1) is 15.5. The van der Waals surface area contributed by atoms with E-state index < -0.39 is 5.82 Å². The van der Waals surface area contributed by atoms with Crippen molar-refractivity contribution in [3.05, 3.63) is 54.1 Å². The molecule has 0 spiro atoms. The van der Waals surface area contributed by atoms with Crippen LogP contribution in [0.25, 0.3) is 0 Å². The lowest BCUT2D eigenvalue weighted by Crippen LogP contribution is -2.36. The van der Waals surface area contributed by atoms with E-state index >= 15 is 0 Å². The molecule has 0 radical (unpaired) electrons. The fraction of sp³-hybridized carbons (Fsp3) is 0.375. The minimum absolute atomic E-state index is 0.0784. The molecule has 0 aliphatic carbocycles. The third-order valence-electron chi connectivity index (χ3n) is 4.09. The first-order valence-corrected chi connectivity index (χ1v) is 7.50. The van der Waals surface area contributed by atoms with Crippen LogP contribution in [0.5, 0.6) is 0 Å². The number of likely N-dealkylation sites (tertiary alicyclic amines) is 1. The fourth-order valence-electron chi connectivity index (χ4n) is 2.77. The van der Waals surface area contributed by atoms with Gasteiger partial charge in [-0.05, 0) is 25.6 Å². The Morgan fingerprint density at radius 3 is 2.91 bits per heavy atom. The molecule has 2 aromatic heterocycles. The molecule has 2 aromatic rings. The molecule has 23 heavy (non-hydrogen) atoms. The number of aromatic nitrogens is 3. The van der Waals surface area contributed by atoms with Crippen molar-refractivity contribution < 1.29 is 9.18 Å². The van der Waals surface area contributed by atoms with E-state index in [1.807, 2.05) is 7.05 Å². The maximum Gasteiger partial charge on any atom is 0.256 e. The number of hydrogen-bond donors (Lipinski definition) is 0. The number of pyridine rings is 1. The van der Waals surface area contributed by atoms with Gasteiger partial charge in [0.15, 0.2) is 5.82 Å². The first-order chi connectivity index (χ1) is 11.1.